The minimum atomic E-state index is -0.0186. The van der Waals surface area contributed by atoms with Gasteiger partial charge >= 0.3 is 0 Å². The summed E-state index contributed by atoms with van der Waals surface area (Å²) in [6.45, 7) is 1.87. The topological polar surface area (TPSA) is 29.5 Å². The normalized spacial score (nSPS) is 9.92. The van der Waals surface area contributed by atoms with Gasteiger partial charge in [0.1, 0.15) is 13.6 Å². The first-order chi connectivity index (χ1) is 5.69. The molecule has 0 aromatic heterocycles. The molecule has 0 spiro atoms. The zero-order valence-electron chi connectivity index (χ0n) is 7.29. The van der Waals surface area contributed by atoms with Crippen molar-refractivity contribution in [3.63, 3.8) is 0 Å². The third kappa shape index (κ3) is 1.61. The minimum absolute atomic E-state index is 0.0186. The molecule has 0 aliphatic carbocycles. The van der Waals surface area contributed by atoms with Crippen LogP contribution in [0.5, 0.6) is 5.75 Å². The van der Waals surface area contributed by atoms with Gasteiger partial charge in [0.25, 0.3) is 0 Å². The Morgan fingerprint density at radius 2 is 2.17 bits per heavy atom. The molecule has 2 nitrogen and oxygen atoms in total. The summed E-state index contributed by atoms with van der Waals surface area (Å²) in [5.41, 5.74) is 2.41. The molecular weight excluding hydrogens is 151 g/mol. The molecular formula is C9H11BO2. The maximum absolute atomic E-state index is 9.00. The van der Waals surface area contributed by atoms with E-state index in [0.717, 1.165) is 11.1 Å². The average Bonchev–Trinajstić information content (AvgIpc) is 2.03. The average molecular weight is 162 g/mol. The highest BCUT2D eigenvalue weighted by Crippen LogP contribution is 2.19. The number of aliphatic hydroxyl groups is 1. The van der Waals surface area contributed by atoms with E-state index < -0.39 is 0 Å². The lowest BCUT2D eigenvalue weighted by atomic mass is 9.92. The lowest BCUT2D eigenvalue weighted by Gasteiger charge is -2.10. The molecule has 1 rings (SSSR count). The zero-order valence-corrected chi connectivity index (χ0v) is 7.29. The van der Waals surface area contributed by atoms with E-state index in [1.807, 2.05) is 13.0 Å². The molecule has 1 N–H and O–H groups in total. The summed E-state index contributed by atoms with van der Waals surface area (Å²) >= 11 is 0. The molecule has 0 bridgehead atoms. The number of benzene rings is 1. The van der Waals surface area contributed by atoms with Crippen molar-refractivity contribution in [2.24, 2.45) is 0 Å². The van der Waals surface area contributed by atoms with Crippen molar-refractivity contribution in [1.82, 2.24) is 0 Å². The Balaban J connectivity index is 3.24. The van der Waals surface area contributed by atoms with Gasteiger partial charge in [0.15, 0.2) is 0 Å². The second-order valence-electron chi connectivity index (χ2n) is 2.68. The zero-order chi connectivity index (χ0) is 9.14. The molecule has 0 fully saturated rings. The fourth-order valence-corrected chi connectivity index (χ4v) is 1.20. The van der Waals surface area contributed by atoms with Gasteiger partial charge in [-0.25, -0.2) is 0 Å². The fraction of sp³-hybridized carbons (Fsp3) is 0.333. The summed E-state index contributed by atoms with van der Waals surface area (Å²) in [4.78, 5) is 0. The molecule has 2 radical (unpaired) electrons. The van der Waals surface area contributed by atoms with Crippen molar-refractivity contribution in [1.29, 1.82) is 0 Å². The highest BCUT2D eigenvalue weighted by molar-refractivity contribution is 6.32. The van der Waals surface area contributed by atoms with E-state index in [1.165, 1.54) is 0 Å². The fourth-order valence-electron chi connectivity index (χ4n) is 1.20. The van der Waals surface area contributed by atoms with Gasteiger partial charge in [-0.2, -0.15) is 0 Å². The van der Waals surface area contributed by atoms with Crippen LogP contribution >= 0.6 is 0 Å². The smallest absolute Gasteiger partial charge is 0.124 e. The van der Waals surface area contributed by atoms with E-state index in [0.29, 0.717) is 11.2 Å². The van der Waals surface area contributed by atoms with E-state index in [-0.39, 0.29) is 6.61 Å². The van der Waals surface area contributed by atoms with E-state index in [9.17, 15) is 0 Å². The molecule has 0 aliphatic heterocycles. The van der Waals surface area contributed by atoms with Crippen molar-refractivity contribution < 1.29 is 9.84 Å². The summed E-state index contributed by atoms with van der Waals surface area (Å²) < 4.78 is 5.06. The number of aliphatic hydroxyl groups excluding tert-OH is 1. The van der Waals surface area contributed by atoms with Gasteiger partial charge in [-0.1, -0.05) is 11.5 Å². The van der Waals surface area contributed by atoms with Crippen LogP contribution in [0, 0.1) is 6.92 Å². The van der Waals surface area contributed by atoms with Crippen molar-refractivity contribution >= 4 is 13.3 Å². The van der Waals surface area contributed by atoms with Crippen LogP contribution in [0.1, 0.15) is 11.1 Å². The van der Waals surface area contributed by atoms with Crippen molar-refractivity contribution in [2.75, 3.05) is 7.11 Å². The van der Waals surface area contributed by atoms with E-state index >= 15 is 0 Å². The lowest BCUT2D eigenvalue weighted by Crippen LogP contribution is -2.07. The SMILES string of the molecule is [B]c1cc(C)c(CO)c(OC)c1. The first-order valence-electron chi connectivity index (χ1n) is 3.73. The standard InChI is InChI=1S/C9H11BO2/c1-6-3-7(10)4-9(12-2)8(6)5-11/h3-4,11H,5H2,1-2H3. The van der Waals surface area contributed by atoms with Crippen LogP contribution in [0.4, 0.5) is 0 Å². The van der Waals surface area contributed by atoms with Gasteiger partial charge in [0.2, 0.25) is 0 Å². The van der Waals surface area contributed by atoms with Crippen LogP contribution in [0.3, 0.4) is 0 Å². The third-order valence-corrected chi connectivity index (χ3v) is 1.83. The Bertz CT molecular complexity index is 284. The monoisotopic (exact) mass is 162 g/mol. The Hall–Kier alpha value is -0.955. The summed E-state index contributed by atoms with van der Waals surface area (Å²) in [6, 6.07) is 3.52. The molecule has 0 heterocycles. The quantitative estimate of drug-likeness (QED) is 0.633. The number of hydrogen-bond donors (Lipinski definition) is 1. The number of methoxy groups -OCH3 is 1. The highest BCUT2D eigenvalue weighted by Gasteiger charge is 2.04. The maximum atomic E-state index is 9.00. The number of ether oxygens (including phenoxy) is 1. The second kappa shape index (κ2) is 3.63. The molecule has 0 amide bonds. The second-order valence-corrected chi connectivity index (χ2v) is 2.68. The van der Waals surface area contributed by atoms with Gasteiger partial charge in [0, 0.05) is 5.56 Å². The molecule has 0 unspecified atom stereocenters. The molecule has 0 saturated heterocycles. The Kier molecular flexibility index (Phi) is 2.76. The van der Waals surface area contributed by atoms with Gasteiger partial charge in [-0.3, -0.25) is 0 Å². The minimum Gasteiger partial charge on any atom is -0.496 e. The largest absolute Gasteiger partial charge is 0.496 e. The summed E-state index contributed by atoms with van der Waals surface area (Å²) in [6.07, 6.45) is 0. The van der Waals surface area contributed by atoms with Gasteiger partial charge in [-0.05, 0) is 18.6 Å². The van der Waals surface area contributed by atoms with Crippen LogP contribution in [0.15, 0.2) is 12.1 Å². The summed E-state index contributed by atoms with van der Waals surface area (Å²) in [7, 11) is 7.16. The van der Waals surface area contributed by atoms with E-state index in [2.05, 4.69) is 0 Å². The van der Waals surface area contributed by atoms with Gasteiger partial charge in [0.05, 0.1) is 13.7 Å². The van der Waals surface area contributed by atoms with Crippen LogP contribution in [0.25, 0.3) is 0 Å². The molecule has 0 saturated carbocycles. The van der Waals surface area contributed by atoms with Crippen molar-refractivity contribution in [3.8, 4) is 5.75 Å². The molecule has 12 heavy (non-hydrogen) atoms. The van der Waals surface area contributed by atoms with E-state index in [4.69, 9.17) is 17.7 Å². The van der Waals surface area contributed by atoms with Crippen molar-refractivity contribution in [3.05, 3.63) is 23.3 Å². The molecule has 1 aromatic carbocycles. The molecule has 0 aliphatic rings. The summed E-state index contributed by atoms with van der Waals surface area (Å²) in [5.74, 6) is 0.648. The Morgan fingerprint density at radius 1 is 1.50 bits per heavy atom. The van der Waals surface area contributed by atoms with Crippen LogP contribution in [0.2, 0.25) is 0 Å². The first kappa shape index (κ1) is 9.14. The predicted molar refractivity (Wildman–Crippen MR) is 49.0 cm³/mol. The third-order valence-electron chi connectivity index (χ3n) is 1.83. The maximum Gasteiger partial charge on any atom is 0.124 e. The van der Waals surface area contributed by atoms with Gasteiger partial charge in [-0.15, -0.1) is 0 Å². The molecule has 62 valence electrons. The van der Waals surface area contributed by atoms with Crippen molar-refractivity contribution in [2.45, 2.75) is 13.5 Å². The molecule has 0 atom stereocenters. The van der Waals surface area contributed by atoms with Crippen LogP contribution in [-0.4, -0.2) is 20.1 Å². The highest BCUT2D eigenvalue weighted by atomic mass is 16.5. The van der Waals surface area contributed by atoms with Crippen LogP contribution in [-0.2, 0) is 6.61 Å². The lowest BCUT2D eigenvalue weighted by molar-refractivity contribution is 0.273. The Morgan fingerprint density at radius 3 is 2.67 bits per heavy atom. The molecule has 3 heteroatoms. The number of rotatable bonds is 2. The number of hydrogen-bond acceptors (Lipinski definition) is 2. The first-order valence-corrected chi connectivity index (χ1v) is 3.73. The van der Waals surface area contributed by atoms with Gasteiger partial charge < -0.3 is 9.84 Å². The van der Waals surface area contributed by atoms with Crippen LogP contribution < -0.4 is 10.2 Å². The molecule has 1 aromatic rings. The number of aryl methyl sites for hydroxylation is 1. The van der Waals surface area contributed by atoms with E-state index in [1.54, 1.807) is 13.2 Å². The summed E-state index contributed by atoms with van der Waals surface area (Å²) in [5, 5.41) is 9.00. The Labute approximate surface area is 73.6 Å². The predicted octanol–water partition coefficient (Wildman–Crippen LogP) is 0.290.